The summed E-state index contributed by atoms with van der Waals surface area (Å²) in [5.41, 5.74) is 0. The number of aliphatic hydroxyl groups excluding tert-OH is 2. The summed E-state index contributed by atoms with van der Waals surface area (Å²) < 4.78 is 1.52. The molecule has 1 aliphatic heterocycles. The molecule has 0 spiro atoms. The first kappa shape index (κ1) is 14.1. The second kappa shape index (κ2) is 6.72. The van der Waals surface area contributed by atoms with Crippen LogP contribution in [-0.2, 0) is 0 Å². The summed E-state index contributed by atoms with van der Waals surface area (Å²) in [4.78, 5) is 1.51. The van der Waals surface area contributed by atoms with Crippen LogP contribution in [-0.4, -0.2) is 36.8 Å². The molecule has 100 valence electrons. The van der Waals surface area contributed by atoms with E-state index in [2.05, 4.69) is 37.3 Å². The van der Waals surface area contributed by atoms with Gasteiger partial charge >= 0.3 is 114 Å². The van der Waals surface area contributed by atoms with Crippen LogP contribution in [0.3, 0.4) is 0 Å². The second-order valence-corrected chi connectivity index (χ2v) is 10.1. The van der Waals surface area contributed by atoms with Gasteiger partial charge in [-0.05, 0) is 0 Å². The monoisotopic (exact) mass is 315 g/mol. The Bertz CT molecular complexity index is 355. The normalized spacial score (nSPS) is 28.1. The SMILES string of the molecule is CCCC[C@@H]1[C@H](C[C@H](O)CO)[Se+]1c1ccccc1. The van der Waals surface area contributed by atoms with Crippen molar-refractivity contribution in [3.05, 3.63) is 30.3 Å². The van der Waals surface area contributed by atoms with E-state index in [1.807, 2.05) is 0 Å². The summed E-state index contributed by atoms with van der Waals surface area (Å²) in [6.45, 7) is 2.14. The molecule has 1 aromatic carbocycles. The van der Waals surface area contributed by atoms with Crippen LogP contribution < -0.4 is 4.46 Å². The molecule has 1 fully saturated rings. The zero-order chi connectivity index (χ0) is 13.0. The van der Waals surface area contributed by atoms with Gasteiger partial charge in [-0.3, -0.25) is 0 Å². The van der Waals surface area contributed by atoms with Gasteiger partial charge in [0.25, 0.3) is 0 Å². The molecule has 0 saturated carbocycles. The molecule has 0 bridgehead atoms. The van der Waals surface area contributed by atoms with E-state index in [0.717, 1.165) is 11.2 Å². The van der Waals surface area contributed by atoms with Gasteiger partial charge in [0.2, 0.25) is 0 Å². The molecule has 2 N–H and O–H groups in total. The fraction of sp³-hybridized carbons (Fsp3) is 0.600. The maximum absolute atomic E-state index is 9.65. The molecule has 1 aromatic rings. The fourth-order valence-corrected chi connectivity index (χ4v) is 9.18. The van der Waals surface area contributed by atoms with Gasteiger partial charge in [-0.1, -0.05) is 0 Å². The molecule has 1 heterocycles. The zero-order valence-electron chi connectivity index (χ0n) is 11.0. The van der Waals surface area contributed by atoms with Crippen LogP contribution in [0, 0.1) is 0 Å². The van der Waals surface area contributed by atoms with E-state index in [4.69, 9.17) is 5.11 Å². The van der Waals surface area contributed by atoms with Crippen LogP contribution >= 0.6 is 0 Å². The van der Waals surface area contributed by atoms with Gasteiger partial charge in [0.1, 0.15) is 0 Å². The van der Waals surface area contributed by atoms with Crippen molar-refractivity contribution >= 4 is 18.4 Å². The van der Waals surface area contributed by atoms with Crippen molar-refractivity contribution in [3.8, 4) is 0 Å². The van der Waals surface area contributed by atoms with Crippen LogP contribution in [0.4, 0.5) is 0 Å². The Morgan fingerprint density at radius 3 is 2.56 bits per heavy atom. The van der Waals surface area contributed by atoms with Crippen molar-refractivity contribution in [2.45, 2.75) is 48.3 Å². The summed E-state index contributed by atoms with van der Waals surface area (Å²) in [6, 6.07) is 10.8. The molecule has 0 aliphatic carbocycles. The van der Waals surface area contributed by atoms with Crippen LogP contribution in [0.5, 0.6) is 0 Å². The number of aliphatic hydroxyl groups is 2. The third kappa shape index (κ3) is 3.36. The minimum atomic E-state index is -0.734. The van der Waals surface area contributed by atoms with Gasteiger partial charge in [-0.15, -0.1) is 0 Å². The number of benzene rings is 1. The molecule has 0 radical (unpaired) electrons. The Morgan fingerprint density at radius 1 is 1.22 bits per heavy atom. The van der Waals surface area contributed by atoms with E-state index in [0.29, 0.717) is 4.82 Å². The van der Waals surface area contributed by atoms with Crippen LogP contribution in [0.2, 0.25) is 9.63 Å². The Morgan fingerprint density at radius 2 is 1.94 bits per heavy atom. The molecular formula is C15H23O2Se+. The van der Waals surface area contributed by atoms with Gasteiger partial charge in [0.05, 0.1) is 0 Å². The van der Waals surface area contributed by atoms with E-state index in [-0.39, 0.29) is 6.61 Å². The molecular weight excluding hydrogens is 291 g/mol. The van der Waals surface area contributed by atoms with Gasteiger partial charge in [-0.2, -0.15) is 0 Å². The first-order chi connectivity index (χ1) is 8.77. The average molecular weight is 314 g/mol. The molecule has 1 saturated heterocycles. The summed E-state index contributed by atoms with van der Waals surface area (Å²) in [6.07, 6.45) is 4.13. The summed E-state index contributed by atoms with van der Waals surface area (Å²) in [5.74, 6) is 0. The van der Waals surface area contributed by atoms with Gasteiger partial charge < -0.3 is 0 Å². The van der Waals surface area contributed by atoms with Crippen molar-refractivity contribution in [2.75, 3.05) is 6.61 Å². The Balaban J connectivity index is 1.99. The third-order valence-electron chi connectivity index (χ3n) is 3.56. The molecule has 1 aliphatic rings. The quantitative estimate of drug-likeness (QED) is 0.757. The average Bonchev–Trinajstić information content (AvgIpc) is 3.09. The van der Waals surface area contributed by atoms with Crippen molar-refractivity contribution < 1.29 is 10.2 Å². The zero-order valence-corrected chi connectivity index (χ0v) is 12.7. The Kier molecular flexibility index (Phi) is 5.25. The first-order valence-corrected chi connectivity index (χ1v) is 9.67. The van der Waals surface area contributed by atoms with Crippen molar-refractivity contribution in [1.29, 1.82) is 0 Å². The molecule has 4 atom stereocenters. The van der Waals surface area contributed by atoms with Crippen LogP contribution in [0.1, 0.15) is 32.6 Å². The van der Waals surface area contributed by atoms with Gasteiger partial charge in [0.15, 0.2) is 0 Å². The predicted octanol–water partition coefficient (Wildman–Crippen LogP) is 2.08. The Hall–Kier alpha value is -0.341. The fourth-order valence-electron chi connectivity index (χ4n) is 2.55. The van der Waals surface area contributed by atoms with Crippen molar-refractivity contribution in [2.24, 2.45) is 0 Å². The third-order valence-corrected chi connectivity index (χ3v) is 9.63. The van der Waals surface area contributed by atoms with E-state index in [9.17, 15) is 5.11 Å². The van der Waals surface area contributed by atoms with Crippen molar-refractivity contribution in [3.63, 3.8) is 0 Å². The minimum absolute atomic E-state index is 0.0926. The number of rotatable bonds is 7. The molecule has 0 aromatic heterocycles. The van der Waals surface area contributed by atoms with Gasteiger partial charge in [0, 0.05) is 0 Å². The van der Waals surface area contributed by atoms with Crippen molar-refractivity contribution in [1.82, 2.24) is 0 Å². The number of hydrogen-bond donors (Lipinski definition) is 2. The molecule has 0 amide bonds. The second-order valence-electron chi connectivity index (χ2n) is 4.98. The molecule has 1 unspecified atom stereocenters. The molecule has 2 nitrogen and oxygen atoms in total. The van der Waals surface area contributed by atoms with E-state index in [1.54, 1.807) is 0 Å². The van der Waals surface area contributed by atoms with E-state index >= 15 is 0 Å². The molecule has 2 rings (SSSR count). The summed E-state index contributed by atoms with van der Waals surface area (Å²) >= 11 is -0.734. The predicted molar refractivity (Wildman–Crippen MR) is 76.6 cm³/mol. The van der Waals surface area contributed by atoms with Crippen LogP contribution in [0.15, 0.2) is 30.3 Å². The summed E-state index contributed by atoms with van der Waals surface area (Å²) in [5, 5.41) is 18.6. The summed E-state index contributed by atoms with van der Waals surface area (Å²) in [7, 11) is 0. The topological polar surface area (TPSA) is 40.5 Å². The van der Waals surface area contributed by atoms with Gasteiger partial charge in [-0.25, -0.2) is 0 Å². The number of hydrogen-bond acceptors (Lipinski definition) is 2. The standard InChI is InChI=1S/C15H23O2Se/c1-2-3-9-14-15(10-12(17)11-16)18(14)13-7-5-4-6-8-13/h4-8,12,14-17H,2-3,9-11H2,1H3/q+1/t12-,14+,15-,18?/m0/s1. The van der Waals surface area contributed by atoms with E-state index < -0.39 is 20.0 Å². The first-order valence-electron chi connectivity index (χ1n) is 6.83. The molecule has 18 heavy (non-hydrogen) atoms. The number of unbranched alkanes of at least 4 members (excludes halogenated alkanes) is 1. The maximum atomic E-state index is 9.65. The molecule has 3 heteroatoms. The Labute approximate surface area is 114 Å². The van der Waals surface area contributed by atoms with Crippen LogP contribution in [0.25, 0.3) is 0 Å². The van der Waals surface area contributed by atoms with E-state index in [1.165, 1.54) is 23.7 Å².